The number of tetrazole rings is 1. The largest absolute Gasteiger partial charge is 0.307 e. The molecule has 1 saturated carbocycles. The van der Waals surface area contributed by atoms with Gasteiger partial charge in [-0.05, 0) is 60.7 Å². The molecule has 1 heterocycles. The van der Waals surface area contributed by atoms with Crippen LogP contribution < -0.4 is 5.32 Å². The van der Waals surface area contributed by atoms with Crippen molar-refractivity contribution in [1.82, 2.24) is 25.5 Å². The second-order valence-electron chi connectivity index (χ2n) is 5.72. The van der Waals surface area contributed by atoms with Crippen LogP contribution in [0.25, 0.3) is 5.69 Å². The number of aromatic nitrogens is 4. The van der Waals surface area contributed by atoms with Gasteiger partial charge in [-0.3, -0.25) is 0 Å². The fraction of sp³-hybridized carbons (Fsp3) is 0.533. The first-order valence-electron chi connectivity index (χ1n) is 7.33. The van der Waals surface area contributed by atoms with Crippen LogP contribution in [0.5, 0.6) is 0 Å². The maximum absolute atomic E-state index is 3.93. The highest BCUT2D eigenvalue weighted by atomic mass is 15.5. The van der Waals surface area contributed by atoms with E-state index in [1.807, 2.05) is 6.07 Å². The molecule has 0 aliphatic heterocycles. The molecule has 1 fully saturated rings. The third-order valence-electron chi connectivity index (χ3n) is 4.35. The van der Waals surface area contributed by atoms with Crippen LogP contribution in [0.3, 0.4) is 0 Å². The number of nitrogens with one attached hydrogen (secondary N) is 1. The van der Waals surface area contributed by atoms with E-state index >= 15 is 0 Å². The van der Waals surface area contributed by atoms with Crippen molar-refractivity contribution in [2.75, 3.05) is 0 Å². The highest BCUT2D eigenvalue weighted by molar-refractivity contribution is 5.35. The topological polar surface area (TPSA) is 55.6 Å². The molecule has 2 aromatic rings. The van der Waals surface area contributed by atoms with Crippen LogP contribution in [0.15, 0.2) is 30.6 Å². The SMILES string of the molecule is CC(NC(C)C1CCC1)c1cccc(-n2cnnn2)c1. The predicted octanol–water partition coefficient (Wildman–Crippen LogP) is 2.50. The van der Waals surface area contributed by atoms with E-state index in [9.17, 15) is 0 Å². The van der Waals surface area contributed by atoms with Crippen LogP contribution in [0.2, 0.25) is 0 Å². The summed E-state index contributed by atoms with van der Waals surface area (Å²) in [6, 6.07) is 9.28. The molecule has 3 rings (SSSR count). The Labute approximate surface area is 119 Å². The van der Waals surface area contributed by atoms with E-state index in [2.05, 4.69) is 52.9 Å². The van der Waals surface area contributed by atoms with Crippen molar-refractivity contribution < 1.29 is 0 Å². The third kappa shape index (κ3) is 2.72. The number of hydrogen-bond acceptors (Lipinski definition) is 4. The molecule has 0 spiro atoms. The number of rotatable bonds is 5. The van der Waals surface area contributed by atoms with Gasteiger partial charge in [0, 0.05) is 12.1 Å². The zero-order valence-electron chi connectivity index (χ0n) is 12.0. The molecule has 0 bridgehead atoms. The summed E-state index contributed by atoms with van der Waals surface area (Å²) < 4.78 is 1.69. The number of benzene rings is 1. The average molecular weight is 271 g/mol. The molecule has 0 radical (unpaired) electrons. The molecule has 1 aromatic heterocycles. The Hall–Kier alpha value is -1.75. The van der Waals surface area contributed by atoms with Gasteiger partial charge in [0.25, 0.3) is 0 Å². The average Bonchev–Trinajstić information content (AvgIpc) is 2.90. The highest BCUT2D eigenvalue weighted by Gasteiger charge is 2.24. The Kier molecular flexibility index (Phi) is 3.78. The quantitative estimate of drug-likeness (QED) is 0.907. The van der Waals surface area contributed by atoms with Crippen LogP contribution >= 0.6 is 0 Å². The molecule has 5 nitrogen and oxygen atoms in total. The molecule has 106 valence electrons. The molecular weight excluding hydrogens is 250 g/mol. The molecule has 0 saturated heterocycles. The van der Waals surface area contributed by atoms with Crippen molar-refractivity contribution in [2.45, 2.75) is 45.2 Å². The summed E-state index contributed by atoms with van der Waals surface area (Å²) in [5.74, 6) is 0.847. The molecule has 1 aliphatic carbocycles. The van der Waals surface area contributed by atoms with E-state index < -0.39 is 0 Å². The van der Waals surface area contributed by atoms with Gasteiger partial charge in [0.1, 0.15) is 6.33 Å². The Bertz CT molecular complexity index is 547. The van der Waals surface area contributed by atoms with Crippen LogP contribution in [0.4, 0.5) is 0 Å². The Morgan fingerprint density at radius 2 is 2.15 bits per heavy atom. The third-order valence-corrected chi connectivity index (χ3v) is 4.35. The van der Waals surface area contributed by atoms with Gasteiger partial charge >= 0.3 is 0 Å². The fourth-order valence-corrected chi connectivity index (χ4v) is 2.78. The Morgan fingerprint density at radius 1 is 1.30 bits per heavy atom. The lowest BCUT2D eigenvalue weighted by Crippen LogP contribution is -2.38. The summed E-state index contributed by atoms with van der Waals surface area (Å²) in [4.78, 5) is 0. The number of nitrogens with zero attached hydrogens (tertiary/aromatic N) is 4. The van der Waals surface area contributed by atoms with E-state index in [4.69, 9.17) is 0 Å². The molecule has 1 aromatic carbocycles. The van der Waals surface area contributed by atoms with Crippen LogP contribution in [-0.2, 0) is 0 Å². The normalized spacial score (nSPS) is 18.5. The van der Waals surface area contributed by atoms with Gasteiger partial charge in [-0.2, -0.15) is 0 Å². The van der Waals surface area contributed by atoms with E-state index in [1.54, 1.807) is 11.0 Å². The maximum atomic E-state index is 3.93. The highest BCUT2D eigenvalue weighted by Crippen LogP contribution is 2.30. The van der Waals surface area contributed by atoms with Crippen LogP contribution in [-0.4, -0.2) is 26.2 Å². The lowest BCUT2D eigenvalue weighted by Gasteiger charge is -2.34. The van der Waals surface area contributed by atoms with Crippen molar-refractivity contribution in [3.63, 3.8) is 0 Å². The van der Waals surface area contributed by atoms with Gasteiger partial charge in [0.05, 0.1) is 5.69 Å². The maximum Gasteiger partial charge on any atom is 0.143 e. The molecule has 2 atom stereocenters. The van der Waals surface area contributed by atoms with E-state index in [1.165, 1.54) is 24.8 Å². The van der Waals surface area contributed by atoms with Crippen molar-refractivity contribution >= 4 is 0 Å². The Morgan fingerprint density at radius 3 is 2.80 bits per heavy atom. The molecule has 1 N–H and O–H groups in total. The minimum atomic E-state index is 0.335. The zero-order chi connectivity index (χ0) is 13.9. The van der Waals surface area contributed by atoms with Crippen molar-refractivity contribution in [3.05, 3.63) is 36.2 Å². The van der Waals surface area contributed by atoms with Gasteiger partial charge in [-0.1, -0.05) is 18.6 Å². The van der Waals surface area contributed by atoms with Gasteiger partial charge in [-0.25, -0.2) is 4.68 Å². The summed E-state index contributed by atoms with van der Waals surface area (Å²) in [7, 11) is 0. The summed E-state index contributed by atoms with van der Waals surface area (Å²) >= 11 is 0. The monoisotopic (exact) mass is 271 g/mol. The summed E-state index contributed by atoms with van der Waals surface area (Å²) in [6.07, 6.45) is 5.74. The second-order valence-corrected chi connectivity index (χ2v) is 5.72. The van der Waals surface area contributed by atoms with E-state index in [0.29, 0.717) is 12.1 Å². The first-order valence-corrected chi connectivity index (χ1v) is 7.33. The zero-order valence-corrected chi connectivity index (χ0v) is 12.0. The van der Waals surface area contributed by atoms with Gasteiger partial charge in [0.2, 0.25) is 0 Å². The molecule has 20 heavy (non-hydrogen) atoms. The summed E-state index contributed by atoms with van der Waals surface area (Å²) in [6.45, 7) is 4.51. The van der Waals surface area contributed by atoms with Crippen molar-refractivity contribution in [2.24, 2.45) is 5.92 Å². The van der Waals surface area contributed by atoms with Gasteiger partial charge in [0.15, 0.2) is 0 Å². The summed E-state index contributed by atoms with van der Waals surface area (Å²) in [5.41, 5.74) is 2.27. The van der Waals surface area contributed by atoms with Crippen LogP contribution in [0, 0.1) is 5.92 Å². The Balaban J connectivity index is 1.71. The lowest BCUT2D eigenvalue weighted by molar-refractivity contribution is 0.230. The molecule has 0 amide bonds. The van der Waals surface area contributed by atoms with E-state index in [-0.39, 0.29) is 0 Å². The summed E-state index contributed by atoms with van der Waals surface area (Å²) in [5, 5.41) is 15.0. The van der Waals surface area contributed by atoms with Crippen LogP contribution in [0.1, 0.15) is 44.7 Å². The van der Waals surface area contributed by atoms with Gasteiger partial charge < -0.3 is 5.32 Å². The van der Waals surface area contributed by atoms with Crippen molar-refractivity contribution in [3.8, 4) is 5.69 Å². The molecule has 2 unspecified atom stereocenters. The fourth-order valence-electron chi connectivity index (χ4n) is 2.78. The van der Waals surface area contributed by atoms with E-state index in [0.717, 1.165) is 11.6 Å². The molecule has 5 heteroatoms. The standard InChI is InChI=1S/C15H21N5/c1-11(13-5-3-6-13)17-12(2)14-7-4-8-15(9-14)20-10-16-18-19-20/h4,7-13,17H,3,5-6H2,1-2H3. The molecule has 1 aliphatic rings. The predicted molar refractivity (Wildman–Crippen MR) is 77.5 cm³/mol. The minimum Gasteiger partial charge on any atom is -0.307 e. The smallest absolute Gasteiger partial charge is 0.143 e. The second kappa shape index (κ2) is 5.71. The first-order chi connectivity index (χ1) is 9.74. The lowest BCUT2D eigenvalue weighted by atomic mass is 9.80. The van der Waals surface area contributed by atoms with Crippen molar-refractivity contribution in [1.29, 1.82) is 0 Å². The van der Waals surface area contributed by atoms with Gasteiger partial charge in [-0.15, -0.1) is 5.10 Å². The molecular formula is C15H21N5. The number of hydrogen-bond donors (Lipinski definition) is 1. The first kappa shape index (κ1) is 13.2. The minimum absolute atomic E-state index is 0.335.